The number of piperazine rings is 1. The highest BCUT2D eigenvalue weighted by molar-refractivity contribution is 6.39. The van der Waals surface area contributed by atoms with E-state index >= 15 is 0 Å². The first kappa shape index (κ1) is 22.7. The van der Waals surface area contributed by atoms with E-state index in [4.69, 9.17) is 4.74 Å². The molecule has 0 spiro atoms. The third-order valence-corrected chi connectivity index (χ3v) is 5.32. The van der Waals surface area contributed by atoms with E-state index in [1.807, 2.05) is 6.92 Å². The van der Waals surface area contributed by atoms with Crippen LogP contribution < -0.4 is 15.4 Å². The smallest absolute Gasteiger partial charge is 0.313 e. The standard InChI is InChI=1S/C23H29FN4O3/c1-3-31-20-10-8-19(9-11-20)26-23(30)22(29)25-16-21(17-4-6-18(24)7-5-17)28-14-12-27(2)13-15-28/h4-11,21H,3,12-16H2,1-2H3,(H,25,29)(H,26,30)/t21-/m1/s1. The molecule has 8 heteroatoms. The molecule has 1 heterocycles. The molecule has 0 bridgehead atoms. The molecule has 166 valence electrons. The van der Waals surface area contributed by atoms with Crippen molar-refractivity contribution in [3.8, 4) is 5.75 Å². The molecular weight excluding hydrogens is 399 g/mol. The Hall–Kier alpha value is -2.97. The molecule has 1 aliphatic heterocycles. The number of ether oxygens (including phenoxy) is 1. The van der Waals surface area contributed by atoms with Crippen molar-refractivity contribution in [3.63, 3.8) is 0 Å². The van der Waals surface area contributed by atoms with E-state index in [1.165, 1.54) is 12.1 Å². The molecule has 0 aliphatic carbocycles. The monoisotopic (exact) mass is 428 g/mol. The number of hydrogen-bond donors (Lipinski definition) is 2. The Kier molecular flexibility index (Phi) is 7.97. The normalized spacial score (nSPS) is 15.8. The molecule has 0 unspecified atom stereocenters. The van der Waals surface area contributed by atoms with Crippen LogP contribution in [-0.2, 0) is 9.59 Å². The molecule has 2 amide bonds. The first-order chi connectivity index (χ1) is 15.0. The lowest BCUT2D eigenvalue weighted by Gasteiger charge is -2.38. The quantitative estimate of drug-likeness (QED) is 0.662. The summed E-state index contributed by atoms with van der Waals surface area (Å²) in [6, 6.07) is 13.0. The zero-order valence-electron chi connectivity index (χ0n) is 17.9. The second-order valence-corrected chi connectivity index (χ2v) is 7.53. The second kappa shape index (κ2) is 10.9. The highest BCUT2D eigenvalue weighted by Gasteiger charge is 2.25. The van der Waals surface area contributed by atoms with Crippen LogP contribution in [0.15, 0.2) is 48.5 Å². The van der Waals surface area contributed by atoms with Gasteiger partial charge in [-0.3, -0.25) is 14.5 Å². The maximum Gasteiger partial charge on any atom is 0.313 e. The van der Waals surface area contributed by atoms with Gasteiger partial charge in [-0.1, -0.05) is 12.1 Å². The zero-order valence-corrected chi connectivity index (χ0v) is 17.9. The lowest BCUT2D eigenvalue weighted by Crippen LogP contribution is -2.49. The van der Waals surface area contributed by atoms with Crippen LogP contribution in [0.2, 0.25) is 0 Å². The van der Waals surface area contributed by atoms with E-state index in [2.05, 4.69) is 27.5 Å². The number of amides is 2. The van der Waals surface area contributed by atoms with E-state index in [-0.39, 0.29) is 18.4 Å². The maximum atomic E-state index is 13.4. The van der Waals surface area contributed by atoms with E-state index in [0.717, 1.165) is 31.7 Å². The summed E-state index contributed by atoms with van der Waals surface area (Å²) in [6.45, 7) is 6.16. The van der Waals surface area contributed by atoms with Crippen LogP contribution in [0, 0.1) is 5.82 Å². The highest BCUT2D eigenvalue weighted by atomic mass is 19.1. The van der Waals surface area contributed by atoms with Crippen molar-refractivity contribution in [1.29, 1.82) is 0 Å². The number of benzene rings is 2. The summed E-state index contributed by atoms with van der Waals surface area (Å²) in [6.07, 6.45) is 0. The molecule has 7 nitrogen and oxygen atoms in total. The predicted molar refractivity (Wildman–Crippen MR) is 117 cm³/mol. The van der Waals surface area contributed by atoms with Gasteiger partial charge in [-0.2, -0.15) is 0 Å². The van der Waals surface area contributed by atoms with Gasteiger partial charge in [0.25, 0.3) is 0 Å². The van der Waals surface area contributed by atoms with Crippen LogP contribution in [0.5, 0.6) is 5.75 Å². The fourth-order valence-electron chi connectivity index (χ4n) is 3.53. The Morgan fingerprint density at radius 2 is 1.65 bits per heavy atom. The number of nitrogens with zero attached hydrogens (tertiary/aromatic N) is 2. The largest absolute Gasteiger partial charge is 0.494 e. The fourth-order valence-corrected chi connectivity index (χ4v) is 3.53. The van der Waals surface area contributed by atoms with Gasteiger partial charge in [-0.25, -0.2) is 4.39 Å². The summed E-state index contributed by atoms with van der Waals surface area (Å²) in [5, 5.41) is 5.32. The Labute approximate surface area is 182 Å². The molecule has 3 rings (SSSR count). The number of carbonyl (C=O) groups is 2. The summed E-state index contributed by atoms with van der Waals surface area (Å²) >= 11 is 0. The molecule has 1 fully saturated rings. The van der Waals surface area contributed by atoms with Gasteiger partial charge in [0.1, 0.15) is 11.6 Å². The second-order valence-electron chi connectivity index (χ2n) is 7.53. The lowest BCUT2D eigenvalue weighted by molar-refractivity contribution is -0.136. The summed E-state index contributed by atoms with van der Waals surface area (Å²) in [5.41, 5.74) is 1.41. The Morgan fingerprint density at radius 3 is 2.26 bits per heavy atom. The van der Waals surface area contributed by atoms with Gasteiger partial charge >= 0.3 is 11.8 Å². The summed E-state index contributed by atoms with van der Waals surface area (Å²) in [5.74, 6) is -1.06. The lowest BCUT2D eigenvalue weighted by atomic mass is 10.0. The molecule has 0 radical (unpaired) electrons. The number of hydrogen-bond acceptors (Lipinski definition) is 5. The molecule has 0 aromatic heterocycles. The van der Waals surface area contributed by atoms with Crippen LogP contribution in [0.25, 0.3) is 0 Å². The molecule has 1 saturated heterocycles. The number of halogens is 1. The molecule has 0 saturated carbocycles. The molecule has 2 aromatic rings. The minimum Gasteiger partial charge on any atom is -0.494 e. The summed E-state index contributed by atoms with van der Waals surface area (Å²) in [7, 11) is 2.07. The van der Waals surface area contributed by atoms with Crippen molar-refractivity contribution < 1.29 is 18.7 Å². The minimum absolute atomic E-state index is 0.142. The fraction of sp³-hybridized carbons (Fsp3) is 0.391. The van der Waals surface area contributed by atoms with Crippen LogP contribution in [-0.4, -0.2) is 68.0 Å². The van der Waals surface area contributed by atoms with Crippen molar-refractivity contribution in [1.82, 2.24) is 15.1 Å². The van der Waals surface area contributed by atoms with Crippen molar-refractivity contribution in [2.75, 3.05) is 51.7 Å². The van der Waals surface area contributed by atoms with Gasteiger partial charge in [0.05, 0.1) is 12.6 Å². The van der Waals surface area contributed by atoms with Gasteiger partial charge in [0.2, 0.25) is 0 Å². The molecule has 1 atom stereocenters. The van der Waals surface area contributed by atoms with Gasteiger partial charge in [0.15, 0.2) is 0 Å². The summed E-state index contributed by atoms with van der Waals surface area (Å²) < 4.78 is 18.8. The van der Waals surface area contributed by atoms with Gasteiger partial charge in [0, 0.05) is 38.4 Å². The molecule has 31 heavy (non-hydrogen) atoms. The number of carbonyl (C=O) groups excluding carboxylic acids is 2. The highest BCUT2D eigenvalue weighted by Crippen LogP contribution is 2.22. The van der Waals surface area contributed by atoms with Crippen LogP contribution in [0.4, 0.5) is 10.1 Å². The number of nitrogens with one attached hydrogen (secondary N) is 2. The third-order valence-electron chi connectivity index (χ3n) is 5.32. The van der Waals surface area contributed by atoms with Crippen molar-refractivity contribution in [2.45, 2.75) is 13.0 Å². The first-order valence-electron chi connectivity index (χ1n) is 10.5. The third kappa shape index (κ3) is 6.50. The van der Waals surface area contributed by atoms with E-state index in [1.54, 1.807) is 36.4 Å². The first-order valence-corrected chi connectivity index (χ1v) is 10.5. The van der Waals surface area contributed by atoms with E-state index in [0.29, 0.717) is 18.0 Å². The van der Waals surface area contributed by atoms with Gasteiger partial charge in [-0.05, 0) is 55.9 Å². The van der Waals surface area contributed by atoms with Gasteiger partial charge < -0.3 is 20.3 Å². The molecule has 2 N–H and O–H groups in total. The van der Waals surface area contributed by atoms with E-state index < -0.39 is 11.8 Å². The van der Waals surface area contributed by atoms with Crippen molar-refractivity contribution >= 4 is 17.5 Å². The minimum atomic E-state index is -0.736. The van der Waals surface area contributed by atoms with Crippen molar-refractivity contribution in [2.24, 2.45) is 0 Å². The number of anilines is 1. The topological polar surface area (TPSA) is 73.9 Å². The van der Waals surface area contributed by atoms with Crippen LogP contribution in [0.1, 0.15) is 18.5 Å². The average Bonchev–Trinajstić information content (AvgIpc) is 2.77. The van der Waals surface area contributed by atoms with E-state index in [9.17, 15) is 14.0 Å². The van der Waals surface area contributed by atoms with Crippen LogP contribution in [0.3, 0.4) is 0 Å². The van der Waals surface area contributed by atoms with Crippen LogP contribution >= 0.6 is 0 Å². The van der Waals surface area contributed by atoms with Crippen molar-refractivity contribution in [3.05, 3.63) is 59.9 Å². The van der Waals surface area contributed by atoms with Gasteiger partial charge in [-0.15, -0.1) is 0 Å². The number of rotatable bonds is 7. The summed E-state index contributed by atoms with van der Waals surface area (Å²) in [4.78, 5) is 29.2. The molecule has 2 aromatic carbocycles. The number of likely N-dealkylation sites (N-methyl/N-ethyl adjacent to an activating group) is 1. The SMILES string of the molecule is CCOc1ccc(NC(=O)C(=O)NC[C@H](c2ccc(F)cc2)N2CCN(C)CC2)cc1. The zero-order chi connectivity index (χ0) is 22.2. The molecule has 1 aliphatic rings. The maximum absolute atomic E-state index is 13.4. The Balaban J connectivity index is 1.60. The predicted octanol–water partition coefficient (Wildman–Crippen LogP) is 2.27. The average molecular weight is 429 g/mol. The Morgan fingerprint density at radius 1 is 1.00 bits per heavy atom. The molecular formula is C23H29FN4O3. The Bertz CT molecular complexity index is 865.